The molecule has 0 atom stereocenters. The van der Waals surface area contributed by atoms with Crippen molar-refractivity contribution >= 4 is 17.6 Å². The molecule has 174 valence electrons. The lowest BCUT2D eigenvalue weighted by molar-refractivity contribution is 0.0418. The maximum absolute atomic E-state index is 12.2. The van der Waals surface area contributed by atoms with Crippen molar-refractivity contribution in [3.05, 3.63) is 76.2 Å². The third-order valence-corrected chi connectivity index (χ3v) is 4.69. The fraction of sp³-hybridized carbons (Fsp3) is 0.348. The lowest BCUT2D eigenvalue weighted by Crippen LogP contribution is -2.30. The summed E-state index contributed by atoms with van der Waals surface area (Å²) in [6, 6.07) is 14.3. The van der Waals surface area contributed by atoms with Crippen LogP contribution in [0.15, 0.2) is 63.0 Å². The van der Waals surface area contributed by atoms with Gasteiger partial charge in [0.15, 0.2) is 12.3 Å². The molecule has 0 saturated heterocycles. The summed E-state index contributed by atoms with van der Waals surface area (Å²) in [5.74, 6) is -0.0466. The van der Waals surface area contributed by atoms with Crippen LogP contribution in [0.4, 0.5) is 10.6 Å². The smallest absolute Gasteiger partial charge is 0.441 e. The van der Waals surface area contributed by atoms with Crippen molar-refractivity contribution in [1.29, 1.82) is 0 Å². The Bertz CT molecular complexity index is 1170. The minimum atomic E-state index is -0.608. The highest BCUT2D eigenvalue weighted by atomic mass is 16.6. The Morgan fingerprint density at radius 2 is 1.94 bits per heavy atom. The van der Waals surface area contributed by atoms with Crippen molar-refractivity contribution < 1.29 is 18.9 Å². The number of oxime groups is 1. The fourth-order valence-electron chi connectivity index (χ4n) is 3.14. The van der Waals surface area contributed by atoms with E-state index in [9.17, 15) is 9.59 Å². The zero-order valence-corrected chi connectivity index (χ0v) is 19.1. The number of nitrogens with zero attached hydrogens (tertiary/aromatic N) is 4. The zero-order chi connectivity index (χ0) is 23.8. The van der Waals surface area contributed by atoms with E-state index >= 15 is 0 Å². The van der Waals surface area contributed by atoms with E-state index in [1.807, 2.05) is 51.1 Å². The highest BCUT2D eigenvalue weighted by Gasteiger charge is 2.22. The Morgan fingerprint density at radius 1 is 1.18 bits per heavy atom. The largest absolute Gasteiger partial charge is 0.443 e. The molecule has 0 unspecified atom stereocenters. The van der Waals surface area contributed by atoms with Crippen molar-refractivity contribution in [2.45, 2.75) is 45.8 Å². The number of benzene rings is 1. The molecule has 1 aromatic carbocycles. The van der Waals surface area contributed by atoms with Gasteiger partial charge in [0.1, 0.15) is 11.4 Å². The number of ether oxygens (including phenoxy) is 1. The second-order valence-electron chi connectivity index (χ2n) is 7.95. The molecule has 2 heterocycles. The Labute approximate surface area is 191 Å². The van der Waals surface area contributed by atoms with E-state index in [1.54, 1.807) is 18.2 Å². The van der Waals surface area contributed by atoms with E-state index in [2.05, 4.69) is 20.6 Å². The van der Waals surface area contributed by atoms with Gasteiger partial charge in [-0.25, -0.2) is 14.6 Å². The molecule has 0 aliphatic heterocycles. The van der Waals surface area contributed by atoms with Crippen LogP contribution < -0.4 is 11.1 Å². The standard InChI is InChI=1S/C23H27N5O5/c1-5-14-23(2,3)32-21(29)25-18-13-9-12-17(24-18)15-31-26-19(16-10-7-6-8-11-16)20-27-33-22(30)28(20)4/h6-13H,5,14-15H2,1-4H3,(H,24,25,29)/b26-19-. The topological polar surface area (TPSA) is 121 Å². The number of hydrogen-bond donors (Lipinski definition) is 1. The van der Waals surface area contributed by atoms with Crippen molar-refractivity contribution in [2.75, 3.05) is 5.32 Å². The normalized spacial score (nSPS) is 11.8. The number of aromatic nitrogens is 3. The second kappa shape index (κ2) is 10.6. The third-order valence-electron chi connectivity index (χ3n) is 4.69. The first-order valence-corrected chi connectivity index (χ1v) is 10.5. The lowest BCUT2D eigenvalue weighted by atomic mass is 10.0. The van der Waals surface area contributed by atoms with Gasteiger partial charge < -0.3 is 9.57 Å². The summed E-state index contributed by atoms with van der Waals surface area (Å²) in [6.07, 6.45) is 1.08. The molecule has 10 nitrogen and oxygen atoms in total. The summed E-state index contributed by atoms with van der Waals surface area (Å²) in [7, 11) is 1.53. The van der Waals surface area contributed by atoms with Gasteiger partial charge in [-0.05, 0) is 32.4 Å². The minimum Gasteiger partial charge on any atom is -0.443 e. The van der Waals surface area contributed by atoms with E-state index in [4.69, 9.17) is 14.1 Å². The number of pyridine rings is 1. The summed E-state index contributed by atoms with van der Waals surface area (Å²) in [4.78, 5) is 33.8. The maximum Gasteiger partial charge on any atom is 0.441 e. The first-order valence-electron chi connectivity index (χ1n) is 10.5. The molecule has 0 radical (unpaired) electrons. The number of hydrogen-bond acceptors (Lipinski definition) is 8. The van der Waals surface area contributed by atoms with Crippen LogP contribution in [0.3, 0.4) is 0 Å². The first-order chi connectivity index (χ1) is 15.8. The Kier molecular flexibility index (Phi) is 7.60. The molecule has 0 fully saturated rings. The molecule has 1 amide bonds. The van der Waals surface area contributed by atoms with E-state index in [-0.39, 0.29) is 12.4 Å². The van der Waals surface area contributed by atoms with Crippen LogP contribution in [-0.2, 0) is 23.2 Å². The van der Waals surface area contributed by atoms with Crippen LogP contribution in [0.25, 0.3) is 0 Å². The van der Waals surface area contributed by atoms with Gasteiger partial charge in [-0.2, -0.15) is 0 Å². The molecule has 33 heavy (non-hydrogen) atoms. The molecule has 10 heteroatoms. The van der Waals surface area contributed by atoms with Crippen molar-refractivity contribution in [3.8, 4) is 0 Å². The molecular weight excluding hydrogens is 426 g/mol. The van der Waals surface area contributed by atoms with Gasteiger partial charge in [0.2, 0.25) is 5.82 Å². The molecule has 0 aliphatic carbocycles. The molecule has 0 aliphatic rings. The molecule has 2 aromatic heterocycles. The monoisotopic (exact) mass is 453 g/mol. The van der Waals surface area contributed by atoms with Crippen LogP contribution >= 0.6 is 0 Å². The van der Waals surface area contributed by atoms with Crippen LogP contribution in [0.5, 0.6) is 0 Å². The van der Waals surface area contributed by atoms with Gasteiger partial charge in [-0.1, -0.05) is 60.1 Å². The Morgan fingerprint density at radius 3 is 2.61 bits per heavy atom. The van der Waals surface area contributed by atoms with Gasteiger partial charge in [0, 0.05) is 12.6 Å². The predicted octanol–water partition coefficient (Wildman–Crippen LogP) is 3.86. The molecule has 1 N–H and O–H groups in total. The summed E-state index contributed by atoms with van der Waals surface area (Å²) in [5, 5.41) is 10.6. The Hall–Kier alpha value is -3.95. The SMILES string of the molecule is CCCC(C)(C)OC(=O)Nc1cccc(CO/N=C(/c2ccccc2)c2noc(=O)n2C)n1. The van der Waals surface area contributed by atoms with Crippen LogP contribution in [0.2, 0.25) is 0 Å². The van der Waals surface area contributed by atoms with Gasteiger partial charge in [0.05, 0.1) is 5.69 Å². The van der Waals surface area contributed by atoms with Gasteiger partial charge in [0.25, 0.3) is 0 Å². The molecule has 0 spiro atoms. The summed E-state index contributed by atoms with van der Waals surface area (Å²) in [6.45, 7) is 5.78. The lowest BCUT2D eigenvalue weighted by Gasteiger charge is -2.24. The first kappa shape index (κ1) is 23.7. The van der Waals surface area contributed by atoms with Crippen molar-refractivity contribution in [3.63, 3.8) is 0 Å². The van der Waals surface area contributed by atoms with E-state index < -0.39 is 17.5 Å². The molecule has 3 aromatic rings. The highest BCUT2D eigenvalue weighted by molar-refractivity contribution is 6.10. The van der Waals surface area contributed by atoms with Crippen LogP contribution in [0.1, 0.15) is 50.7 Å². The molecule has 0 bridgehead atoms. The van der Waals surface area contributed by atoms with Crippen LogP contribution in [-0.4, -0.2) is 32.1 Å². The zero-order valence-electron chi connectivity index (χ0n) is 19.1. The number of anilines is 1. The number of amides is 1. The number of carbonyl (C=O) groups excluding carboxylic acids is 1. The van der Waals surface area contributed by atoms with Gasteiger partial charge >= 0.3 is 11.8 Å². The quantitative estimate of drug-likeness (QED) is 0.386. The second-order valence-corrected chi connectivity index (χ2v) is 7.95. The third kappa shape index (κ3) is 6.52. The molecule has 0 saturated carbocycles. The van der Waals surface area contributed by atoms with Crippen molar-refractivity contribution in [2.24, 2.45) is 12.2 Å². The van der Waals surface area contributed by atoms with Crippen molar-refractivity contribution in [1.82, 2.24) is 14.7 Å². The fourth-order valence-corrected chi connectivity index (χ4v) is 3.14. The summed E-state index contributed by atoms with van der Waals surface area (Å²) >= 11 is 0. The molecule has 3 rings (SSSR count). The summed E-state index contributed by atoms with van der Waals surface area (Å²) < 4.78 is 11.4. The van der Waals surface area contributed by atoms with E-state index in [0.29, 0.717) is 22.8 Å². The average Bonchev–Trinajstić information content (AvgIpc) is 3.10. The number of rotatable bonds is 9. The van der Waals surface area contributed by atoms with E-state index in [1.165, 1.54) is 11.6 Å². The van der Waals surface area contributed by atoms with E-state index in [0.717, 1.165) is 12.8 Å². The Balaban J connectivity index is 1.71. The average molecular weight is 453 g/mol. The highest BCUT2D eigenvalue weighted by Crippen LogP contribution is 2.18. The van der Waals surface area contributed by atoms with Gasteiger partial charge in [-0.3, -0.25) is 14.4 Å². The number of carbonyl (C=O) groups is 1. The number of nitrogens with one attached hydrogen (secondary N) is 1. The molecular formula is C23H27N5O5. The predicted molar refractivity (Wildman–Crippen MR) is 122 cm³/mol. The van der Waals surface area contributed by atoms with Gasteiger partial charge in [-0.15, -0.1) is 0 Å². The summed E-state index contributed by atoms with van der Waals surface area (Å²) in [5.41, 5.74) is 0.997. The minimum absolute atomic E-state index is 0.0219. The van der Waals surface area contributed by atoms with Crippen LogP contribution in [0, 0.1) is 0 Å². The maximum atomic E-state index is 12.2.